The summed E-state index contributed by atoms with van der Waals surface area (Å²) >= 11 is 0. The average molecular weight is 343 g/mol. The predicted molar refractivity (Wildman–Crippen MR) is 94.6 cm³/mol. The molecule has 4 nitrogen and oxygen atoms in total. The predicted octanol–water partition coefficient (Wildman–Crippen LogP) is 3.26. The highest BCUT2D eigenvalue weighted by Gasteiger charge is 2.36. The molecule has 0 unspecified atom stereocenters. The molecule has 1 aliphatic rings. The van der Waals surface area contributed by atoms with Gasteiger partial charge in [0, 0.05) is 6.54 Å². The Labute approximate surface area is 143 Å². The molecule has 0 amide bonds. The highest BCUT2D eigenvalue weighted by Crippen LogP contribution is 2.32. The standard InChI is InChI=1S/C19H21NO3S/c1-2-3-13-20-17(14-16-9-5-4-6-10-16)15-23-18-11-7-8-12-19(18)24(20,21)22/h2,4-12,17H,1,3,13-15H2/t17-/m0/s1. The third-order valence-electron chi connectivity index (χ3n) is 4.14. The molecule has 0 radical (unpaired) electrons. The van der Waals surface area contributed by atoms with E-state index in [0.29, 0.717) is 31.7 Å². The fourth-order valence-electron chi connectivity index (χ4n) is 2.94. The number of fused-ring (bicyclic) bond motifs is 1. The second-order valence-electron chi connectivity index (χ2n) is 5.79. The first-order valence-corrected chi connectivity index (χ1v) is 9.45. The smallest absolute Gasteiger partial charge is 0.247 e. The first-order chi connectivity index (χ1) is 11.6. The summed E-state index contributed by atoms with van der Waals surface area (Å²) in [6.07, 6.45) is 2.96. The van der Waals surface area contributed by atoms with Gasteiger partial charge >= 0.3 is 0 Å². The Morgan fingerprint density at radius 3 is 2.58 bits per heavy atom. The molecule has 1 aliphatic heterocycles. The van der Waals surface area contributed by atoms with Gasteiger partial charge in [-0.2, -0.15) is 4.31 Å². The molecule has 0 saturated carbocycles. The van der Waals surface area contributed by atoms with Gasteiger partial charge in [0.05, 0.1) is 6.04 Å². The summed E-state index contributed by atoms with van der Waals surface area (Å²) in [7, 11) is -3.60. The SMILES string of the molecule is C=CCCN1[C@@H](Cc2ccccc2)COc2ccccc2S1(=O)=O. The van der Waals surface area contributed by atoms with E-state index >= 15 is 0 Å². The van der Waals surface area contributed by atoms with Gasteiger partial charge in [-0.3, -0.25) is 0 Å². The molecule has 1 heterocycles. The van der Waals surface area contributed by atoms with E-state index in [4.69, 9.17) is 4.74 Å². The Kier molecular flexibility index (Phi) is 5.02. The van der Waals surface area contributed by atoms with E-state index in [0.717, 1.165) is 5.56 Å². The summed E-state index contributed by atoms with van der Waals surface area (Å²) in [5, 5.41) is 0. The monoisotopic (exact) mass is 343 g/mol. The second kappa shape index (κ2) is 7.20. The van der Waals surface area contributed by atoms with Crippen LogP contribution in [0, 0.1) is 0 Å². The van der Waals surface area contributed by atoms with Crippen LogP contribution in [0.15, 0.2) is 72.1 Å². The molecule has 0 bridgehead atoms. The number of nitrogens with zero attached hydrogens (tertiary/aromatic N) is 1. The molecule has 2 aromatic rings. The van der Waals surface area contributed by atoms with Crippen LogP contribution in [0.5, 0.6) is 5.75 Å². The van der Waals surface area contributed by atoms with Crippen molar-refractivity contribution in [2.24, 2.45) is 0 Å². The third kappa shape index (κ3) is 3.37. The Bertz CT molecular complexity index is 802. The van der Waals surface area contributed by atoms with Crippen molar-refractivity contribution < 1.29 is 13.2 Å². The van der Waals surface area contributed by atoms with Crippen LogP contribution in [0.25, 0.3) is 0 Å². The van der Waals surface area contributed by atoms with Gasteiger partial charge in [-0.1, -0.05) is 48.5 Å². The lowest BCUT2D eigenvalue weighted by Crippen LogP contribution is -2.43. The van der Waals surface area contributed by atoms with Crippen molar-refractivity contribution in [3.05, 3.63) is 72.8 Å². The van der Waals surface area contributed by atoms with Crippen molar-refractivity contribution in [3.8, 4) is 5.75 Å². The quantitative estimate of drug-likeness (QED) is 0.783. The summed E-state index contributed by atoms with van der Waals surface area (Å²) in [5.74, 6) is 0.427. The van der Waals surface area contributed by atoms with E-state index in [1.165, 1.54) is 0 Å². The number of hydrogen-bond acceptors (Lipinski definition) is 3. The summed E-state index contributed by atoms with van der Waals surface area (Å²) in [6, 6.07) is 16.5. The summed E-state index contributed by atoms with van der Waals surface area (Å²) in [4.78, 5) is 0.240. The molecule has 24 heavy (non-hydrogen) atoms. The molecule has 0 saturated heterocycles. The zero-order valence-corrected chi connectivity index (χ0v) is 14.3. The van der Waals surface area contributed by atoms with Gasteiger partial charge in [0.15, 0.2) is 0 Å². The van der Waals surface area contributed by atoms with Crippen LogP contribution >= 0.6 is 0 Å². The molecule has 2 aromatic carbocycles. The minimum Gasteiger partial charge on any atom is -0.490 e. The first-order valence-electron chi connectivity index (χ1n) is 8.01. The molecule has 0 fully saturated rings. The second-order valence-corrected chi connectivity index (χ2v) is 7.65. The van der Waals surface area contributed by atoms with E-state index in [9.17, 15) is 8.42 Å². The molecule has 126 valence electrons. The number of ether oxygens (including phenoxy) is 1. The van der Waals surface area contributed by atoms with Crippen molar-refractivity contribution >= 4 is 10.0 Å². The maximum absolute atomic E-state index is 13.1. The first kappa shape index (κ1) is 16.7. The van der Waals surface area contributed by atoms with Gasteiger partial charge in [-0.25, -0.2) is 8.42 Å². The Morgan fingerprint density at radius 1 is 1.12 bits per heavy atom. The highest BCUT2D eigenvalue weighted by molar-refractivity contribution is 7.89. The summed E-state index contributed by atoms with van der Waals surface area (Å²) < 4.78 is 33.7. The van der Waals surface area contributed by atoms with Crippen molar-refractivity contribution in [2.45, 2.75) is 23.8 Å². The van der Waals surface area contributed by atoms with E-state index in [2.05, 4.69) is 6.58 Å². The summed E-state index contributed by atoms with van der Waals surface area (Å²) in [5.41, 5.74) is 1.09. The maximum atomic E-state index is 13.1. The van der Waals surface area contributed by atoms with Gasteiger partial charge in [0.25, 0.3) is 0 Å². The molecule has 0 aliphatic carbocycles. The van der Waals surface area contributed by atoms with Crippen LogP contribution in [-0.4, -0.2) is 31.9 Å². The van der Waals surface area contributed by atoms with Crippen LogP contribution in [0.3, 0.4) is 0 Å². The topological polar surface area (TPSA) is 46.6 Å². The van der Waals surface area contributed by atoms with E-state index in [1.807, 2.05) is 30.3 Å². The normalized spacial score (nSPS) is 19.8. The minimum atomic E-state index is -3.60. The van der Waals surface area contributed by atoms with E-state index < -0.39 is 10.0 Å². The molecule has 3 rings (SSSR count). The average Bonchev–Trinajstić information content (AvgIpc) is 2.70. The van der Waals surface area contributed by atoms with Crippen molar-refractivity contribution in [2.75, 3.05) is 13.2 Å². The molecule has 0 aromatic heterocycles. The number of benzene rings is 2. The molecule has 0 N–H and O–H groups in total. The zero-order valence-electron chi connectivity index (χ0n) is 13.5. The fraction of sp³-hybridized carbons (Fsp3) is 0.263. The molecular weight excluding hydrogens is 322 g/mol. The molecule has 1 atom stereocenters. The van der Waals surface area contributed by atoms with Gasteiger partial charge in [0.1, 0.15) is 17.3 Å². The van der Waals surface area contributed by atoms with Gasteiger partial charge < -0.3 is 4.74 Å². The summed E-state index contributed by atoms with van der Waals surface area (Å²) in [6.45, 7) is 4.46. The number of rotatable bonds is 5. The third-order valence-corrected chi connectivity index (χ3v) is 6.13. The van der Waals surface area contributed by atoms with E-state index in [1.54, 1.807) is 34.6 Å². The zero-order chi connectivity index (χ0) is 17.0. The van der Waals surface area contributed by atoms with Crippen molar-refractivity contribution in [3.63, 3.8) is 0 Å². The number of sulfonamides is 1. The van der Waals surface area contributed by atoms with Gasteiger partial charge in [-0.15, -0.1) is 6.58 Å². The van der Waals surface area contributed by atoms with Crippen LogP contribution in [0.4, 0.5) is 0 Å². The van der Waals surface area contributed by atoms with Gasteiger partial charge in [-0.05, 0) is 30.5 Å². The van der Waals surface area contributed by atoms with Crippen molar-refractivity contribution in [1.29, 1.82) is 0 Å². The van der Waals surface area contributed by atoms with Crippen LogP contribution in [0.2, 0.25) is 0 Å². The largest absolute Gasteiger partial charge is 0.490 e. The maximum Gasteiger partial charge on any atom is 0.247 e. The Hall–Kier alpha value is -2.11. The Balaban J connectivity index is 1.98. The van der Waals surface area contributed by atoms with Crippen LogP contribution < -0.4 is 4.74 Å². The van der Waals surface area contributed by atoms with Crippen LogP contribution in [-0.2, 0) is 16.4 Å². The van der Waals surface area contributed by atoms with Crippen LogP contribution in [0.1, 0.15) is 12.0 Å². The number of para-hydroxylation sites is 1. The fourth-order valence-corrected chi connectivity index (χ4v) is 4.70. The lowest BCUT2D eigenvalue weighted by molar-refractivity contribution is 0.212. The van der Waals surface area contributed by atoms with E-state index in [-0.39, 0.29) is 10.9 Å². The molecule has 5 heteroatoms. The lowest BCUT2D eigenvalue weighted by Gasteiger charge is -2.27. The molecular formula is C19H21NO3S. The lowest BCUT2D eigenvalue weighted by atomic mass is 10.1. The molecule has 0 spiro atoms. The van der Waals surface area contributed by atoms with Gasteiger partial charge in [0.2, 0.25) is 10.0 Å². The van der Waals surface area contributed by atoms with Crippen molar-refractivity contribution in [1.82, 2.24) is 4.31 Å². The number of hydrogen-bond donors (Lipinski definition) is 0. The minimum absolute atomic E-state index is 0.240. The Morgan fingerprint density at radius 2 is 1.83 bits per heavy atom. The highest BCUT2D eigenvalue weighted by atomic mass is 32.2.